The molecule has 0 spiro atoms. The van der Waals surface area contributed by atoms with Gasteiger partial charge < -0.3 is 4.79 Å². The molecule has 13 heavy (non-hydrogen) atoms. The largest absolute Gasteiger partial charge is 0.313 e. The molecule has 0 aromatic carbocycles. The molecular formula is C3H9B9O-2. The molecule has 0 heterocycles. The summed E-state index contributed by atoms with van der Waals surface area (Å²) in [4.78, 5) is 11.5. The molecule has 0 aliphatic carbocycles. The fourth-order valence-electron chi connectivity index (χ4n) is 1.02. The van der Waals surface area contributed by atoms with Crippen molar-refractivity contribution in [2.24, 2.45) is 0 Å². The number of hydrogen-bond acceptors (Lipinski definition) is 1. The molecule has 8 radical (unpaired) electrons. The SMILES string of the molecule is [B]B([BH3-])B(B([B])[BH-]([B])[B])C(=O)CC. The normalized spacial score (nSPS) is 9.77. The van der Waals surface area contributed by atoms with Crippen LogP contribution in [0.1, 0.15) is 13.3 Å². The maximum Gasteiger partial charge on any atom is 0.0673 e. The van der Waals surface area contributed by atoms with Crippen LogP contribution in [0.2, 0.25) is 0 Å². The van der Waals surface area contributed by atoms with E-state index in [1.807, 2.05) is 6.92 Å². The molecule has 0 rings (SSSR count). The van der Waals surface area contributed by atoms with Crippen molar-refractivity contribution < 1.29 is 4.79 Å². The Balaban J connectivity index is 4.51. The standard InChI is InChI=1S/C3H9B9O/c1-2-3(13)9(10(4)5)12(8)11(6)7/h11H,2H2,1,4H3/q-2. The highest BCUT2D eigenvalue weighted by Crippen LogP contribution is 1.96. The van der Waals surface area contributed by atoms with Gasteiger partial charge in [0.15, 0.2) is 0 Å². The lowest BCUT2D eigenvalue weighted by atomic mass is 8.63. The first-order chi connectivity index (χ1) is 5.91. The summed E-state index contributed by atoms with van der Waals surface area (Å²) in [5.74, 6) is 0. The van der Waals surface area contributed by atoms with Crippen LogP contribution in [-0.4, -0.2) is 70.0 Å². The molecule has 0 atom stereocenters. The number of hydrogen-bond donors (Lipinski definition) is 0. The first-order valence-electron chi connectivity index (χ1n) is 4.11. The van der Waals surface area contributed by atoms with Gasteiger partial charge in [0.25, 0.3) is 0 Å². The molecule has 0 fully saturated rings. The van der Waals surface area contributed by atoms with Crippen LogP contribution >= 0.6 is 0 Å². The zero-order valence-electron chi connectivity index (χ0n) is 7.36. The van der Waals surface area contributed by atoms with E-state index >= 15 is 0 Å². The zero-order valence-corrected chi connectivity index (χ0v) is 7.36. The van der Waals surface area contributed by atoms with Gasteiger partial charge in [-0.3, -0.25) is 0 Å². The summed E-state index contributed by atoms with van der Waals surface area (Å²) >= 11 is 0. The number of carbonyl (C=O) groups excluding carboxylic acids is 1. The summed E-state index contributed by atoms with van der Waals surface area (Å²) in [6.45, 7) is 1.52. The molecular weight excluding hydrogens is 149 g/mol. The summed E-state index contributed by atoms with van der Waals surface area (Å²) in [5.41, 5.74) is 0.100. The quantitative estimate of drug-likeness (QED) is 0.373. The maximum absolute atomic E-state index is 11.5. The lowest BCUT2D eigenvalue weighted by Gasteiger charge is -2.33. The molecule has 0 amide bonds. The van der Waals surface area contributed by atoms with Gasteiger partial charge in [0.1, 0.15) is 0 Å². The van der Waals surface area contributed by atoms with Crippen molar-refractivity contribution in [2.75, 3.05) is 0 Å². The first kappa shape index (κ1) is 13.3. The highest BCUT2D eigenvalue weighted by Gasteiger charge is 2.24. The monoisotopic (exact) mass is 160 g/mol. The van der Waals surface area contributed by atoms with Gasteiger partial charge in [-0.25, -0.2) is 15.5 Å². The van der Waals surface area contributed by atoms with Gasteiger partial charge in [0.05, 0.1) is 12.2 Å². The molecule has 1 nitrogen and oxygen atoms in total. The third-order valence-electron chi connectivity index (χ3n) is 1.93. The smallest absolute Gasteiger partial charge is 0.0673 e. The minimum Gasteiger partial charge on any atom is -0.313 e. The van der Waals surface area contributed by atoms with E-state index in [1.54, 1.807) is 0 Å². The second-order valence-corrected chi connectivity index (χ2v) is 2.91. The van der Waals surface area contributed by atoms with Crippen LogP contribution in [0.25, 0.3) is 0 Å². The summed E-state index contributed by atoms with van der Waals surface area (Å²) in [7, 11) is 22.5. The van der Waals surface area contributed by atoms with Gasteiger partial charge in [-0.1, -0.05) is 14.7 Å². The Morgan fingerprint density at radius 3 is 2.15 bits per heavy atom. The Labute approximate surface area is 88.5 Å². The fraction of sp³-hybridized carbons (Fsp3) is 0.667. The maximum atomic E-state index is 11.5. The molecule has 0 aliphatic rings. The van der Waals surface area contributed by atoms with Crippen LogP contribution in [0.3, 0.4) is 0 Å². The average molecular weight is 158 g/mol. The molecule has 0 N–H and O–H groups in total. The molecule has 56 valence electrons. The summed E-state index contributed by atoms with van der Waals surface area (Å²) < 4.78 is 0. The Hall–Kier alpha value is 0.254. The van der Waals surface area contributed by atoms with Gasteiger partial charge in [-0.05, 0) is 21.9 Å². The summed E-state index contributed by atoms with van der Waals surface area (Å²) in [6, 6.07) is 0. The molecule has 10 heteroatoms. The van der Waals surface area contributed by atoms with Crippen molar-refractivity contribution in [1.29, 1.82) is 0 Å². The Morgan fingerprint density at radius 2 is 1.92 bits per heavy atom. The van der Waals surface area contributed by atoms with Crippen molar-refractivity contribution >= 4 is 70.0 Å². The lowest BCUT2D eigenvalue weighted by Crippen LogP contribution is -2.63. The van der Waals surface area contributed by atoms with Crippen LogP contribution in [0.4, 0.5) is 0 Å². The van der Waals surface area contributed by atoms with Crippen molar-refractivity contribution in [1.82, 2.24) is 0 Å². The van der Waals surface area contributed by atoms with E-state index in [0.29, 0.717) is 6.42 Å². The summed E-state index contributed by atoms with van der Waals surface area (Å²) in [5, 5.41) is 0. The van der Waals surface area contributed by atoms with Gasteiger partial charge in [0, 0.05) is 0 Å². The average Bonchev–Trinajstić information content (AvgIpc) is 2.03. The molecule has 0 aliphatic heterocycles. The highest BCUT2D eigenvalue weighted by molar-refractivity contribution is 7.95. The Kier molecular flexibility index (Phi) is 5.99. The van der Waals surface area contributed by atoms with E-state index in [0.717, 1.165) is 0 Å². The predicted octanol–water partition coefficient (Wildman–Crippen LogP) is -4.03. The van der Waals surface area contributed by atoms with Gasteiger partial charge in [-0.2, -0.15) is 0 Å². The summed E-state index contributed by atoms with van der Waals surface area (Å²) in [6.07, 6.45) is -1.42. The van der Waals surface area contributed by atoms with E-state index < -0.39 is 12.8 Å². The fourth-order valence-corrected chi connectivity index (χ4v) is 1.02. The minimum atomic E-state index is -1.42. The minimum absolute atomic E-state index is 0.0375. The van der Waals surface area contributed by atoms with E-state index in [-0.39, 0.29) is 26.3 Å². The van der Waals surface area contributed by atoms with E-state index in [1.165, 1.54) is 0 Å². The highest BCUT2D eigenvalue weighted by atomic mass is 16.1. The Bertz CT molecular complexity index is 168. The number of rotatable bonds is 5. The van der Waals surface area contributed by atoms with E-state index in [4.69, 9.17) is 30.9 Å². The van der Waals surface area contributed by atoms with Crippen LogP contribution < -0.4 is 0 Å². The van der Waals surface area contributed by atoms with Crippen molar-refractivity contribution in [2.45, 2.75) is 13.3 Å². The van der Waals surface area contributed by atoms with Gasteiger partial charge in [0.2, 0.25) is 0 Å². The first-order valence-corrected chi connectivity index (χ1v) is 4.11. The molecule has 0 aromatic heterocycles. The molecule has 0 unspecified atom stereocenters. The van der Waals surface area contributed by atoms with E-state index in [2.05, 4.69) is 0 Å². The van der Waals surface area contributed by atoms with Crippen LogP contribution in [0.15, 0.2) is 0 Å². The molecule has 0 saturated carbocycles. The van der Waals surface area contributed by atoms with Crippen molar-refractivity contribution in [3.63, 3.8) is 0 Å². The van der Waals surface area contributed by atoms with Gasteiger partial charge >= 0.3 is 0 Å². The molecule has 0 bridgehead atoms. The van der Waals surface area contributed by atoms with Crippen LogP contribution in [-0.2, 0) is 4.79 Å². The van der Waals surface area contributed by atoms with Crippen LogP contribution in [0.5, 0.6) is 0 Å². The predicted molar refractivity (Wildman–Crippen MR) is 72.7 cm³/mol. The third-order valence-corrected chi connectivity index (χ3v) is 1.93. The lowest BCUT2D eigenvalue weighted by molar-refractivity contribution is -0.111. The topological polar surface area (TPSA) is 17.1 Å². The number of carbonyl (C=O) groups is 1. The zero-order chi connectivity index (χ0) is 10.6. The Morgan fingerprint density at radius 1 is 1.46 bits per heavy atom. The van der Waals surface area contributed by atoms with E-state index in [9.17, 15) is 4.79 Å². The molecule has 0 saturated heterocycles. The van der Waals surface area contributed by atoms with Gasteiger partial charge in [-0.15, -0.1) is 19.2 Å². The van der Waals surface area contributed by atoms with Crippen molar-refractivity contribution in [3.05, 3.63) is 0 Å². The van der Waals surface area contributed by atoms with Crippen molar-refractivity contribution in [3.8, 4) is 0 Å². The second-order valence-electron chi connectivity index (χ2n) is 2.91. The molecule has 0 aromatic rings. The third kappa shape index (κ3) is 3.87. The second kappa shape index (κ2) is 5.87. The van der Waals surface area contributed by atoms with Crippen LogP contribution in [0, 0.1) is 0 Å².